The Balaban J connectivity index is 1.23. The first-order chi connectivity index (χ1) is 28.5. The summed E-state index contributed by atoms with van der Waals surface area (Å²) in [5.41, 5.74) is 19.6. The Hall–Kier alpha value is -6.66. The van der Waals surface area contributed by atoms with E-state index in [-0.39, 0.29) is 12.0 Å². The molecule has 0 amide bonds. The van der Waals surface area contributed by atoms with E-state index in [0.29, 0.717) is 17.8 Å². The number of aromatic nitrogens is 6. The van der Waals surface area contributed by atoms with Crippen LogP contribution in [0.25, 0.3) is 82.7 Å². The number of allylic oxidation sites excluding steroid dienone is 4. The molecule has 58 heavy (non-hydrogen) atoms. The molecule has 6 nitrogen and oxygen atoms in total. The highest BCUT2D eigenvalue weighted by Crippen LogP contribution is 2.61. The second-order valence-corrected chi connectivity index (χ2v) is 16.8. The third-order valence-electron chi connectivity index (χ3n) is 14.0. The fourth-order valence-corrected chi connectivity index (χ4v) is 10.9. The van der Waals surface area contributed by atoms with Gasteiger partial charge in [0.1, 0.15) is 12.7 Å². The van der Waals surface area contributed by atoms with Crippen molar-refractivity contribution >= 4 is 43.6 Å². The van der Waals surface area contributed by atoms with Crippen molar-refractivity contribution in [3.05, 3.63) is 163 Å². The fraction of sp³-hybridized carbons (Fsp3) is 0.192. The lowest BCUT2D eigenvalue weighted by Gasteiger charge is -2.42. The zero-order valence-corrected chi connectivity index (χ0v) is 33.1. The molecule has 0 radical (unpaired) electrons. The second kappa shape index (κ2) is 12.4. The zero-order chi connectivity index (χ0) is 38.8. The SMILES string of the molecule is CC1c2cc3c4cc(-c5cncnc5)ccc4n(C4C=CC=CC4)c3c3c2-c2c(cc4c5cc(-c6cncnc6)ccc5n(-c5ccccc5)c4c2C1C)C(C)C3C. The van der Waals surface area contributed by atoms with Gasteiger partial charge in [0.15, 0.2) is 0 Å². The van der Waals surface area contributed by atoms with Crippen molar-refractivity contribution in [2.45, 2.75) is 63.8 Å². The number of hydrogen-bond donors (Lipinski definition) is 0. The van der Waals surface area contributed by atoms with Gasteiger partial charge in [0, 0.05) is 68.7 Å². The molecule has 0 spiro atoms. The number of rotatable bonds is 4. The van der Waals surface area contributed by atoms with Gasteiger partial charge in [0.05, 0.1) is 22.6 Å². The predicted molar refractivity (Wildman–Crippen MR) is 237 cm³/mol. The molecule has 0 bridgehead atoms. The predicted octanol–water partition coefficient (Wildman–Crippen LogP) is 13.0. The highest BCUT2D eigenvalue weighted by atomic mass is 15.0. The summed E-state index contributed by atoms with van der Waals surface area (Å²) < 4.78 is 5.22. The van der Waals surface area contributed by atoms with Crippen LogP contribution >= 0.6 is 0 Å². The largest absolute Gasteiger partial charge is 0.333 e. The molecule has 12 rings (SSSR count). The van der Waals surface area contributed by atoms with Crippen molar-refractivity contribution in [3.63, 3.8) is 0 Å². The Labute approximate surface area is 337 Å². The maximum atomic E-state index is 4.37. The van der Waals surface area contributed by atoms with Gasteiger partial charge in [-0.3, -0.25) is 0 Å². The van der Waals surface area contributed by atoms with Gasteiger partial charge in [-0.05, 0) is 123 Å². The molecular weight excluding hydrogens is 709 g/mol. The maximum Gasteiger partial charge on any atom is 0.115 e. The zero-order valence-electron chi connectivity index (χ0n) is 33.1. The van der Waals surface area contributed by atoms with E-state index in [4.69, 9.17) is 0 Å². The van der Waals surface area contributed by atoms with Crippen molar-refractivity contribution < 1.29 is 0 Å². The van der Waals surface area contributed by atoms with Gasteiger partial charge in [-0.25, -0.2) is 19.9 Å². The molecule has 0 N–H and O–H groups in total. The molecule has 5 atom stereocenters. The summed E-state index contributed by atoms with van der Waals surface area (Å²) in [6.45, 7) is 9.91. The summed E-state index contributed by atoms with van der Waals surface area (Å²) in [5.74, 6) is 1.17. The van der Waals surface area contributed by atoms with Crippen LogP contribution in [0, 0.1) is 0 Å². The Morgan fingerprint density at radius 3 is 1.66 bits per heavy atom. The average Bonchev–Trinajstić information content (AvgIpc) is 3.79. The molecule has 280 valence electrons. The summed E-state index contributed by atoms with van der Waals surface area (Å²) >= 11 is 0. The molecule has 4 heterocycles. The molecule has 6 heteroatoms. The number of nitrogens with zero attached hydrogens (tertiary/aromatic N) is 6. The Morgan fingerprint density at radius 1 is 0.517 bits per heavy atom. The van der Waals surface area contributed by atoms with Crippen molar-refractivity contribution in [2.75, 3.05) is 0 Å². The topological polar surface area (TPSA) is 61.4 Å². The van der Waals surface area contributed by atoms with Crippen LogP contribution in [-0.2, 0) is 0 Å². The minimum Gasteiger partial charge on any atom is -0.333 e. The van der Waals surface area contributed by atoms with E-state index < -0.39 is 0 Å². The van der Waals surface area contributed by atoms with E-state index in [1.54, 1.807) is 12.7 Å². The molecule has 3 aliphatic rings. The number of fused-ring (bicyclic) bond motifs is 8. The average molecular weight is 751 g/mol. The first kappa shape index (κ1) is 33.5. The summed E-state index contributed by atoms with van der Waals surface area (Å²) in [7, 11) is 0. The lowest BCUT2D eigenvalue weighted by Crippen LogP contribution is -2.24. The summed E-state index contributed by atoms with van der Waals surface area (Å²) in [6, 6.07) is 30.2. The highest BCUT2D eigenvalue weighted by molar-refractivity contribution is 6.17. The molecule has 0 saturated carbocycles. The van der Waals surface area contributed by atoms with Crippen LogP contribution in [0.1, 0.15) is 86.1 Å². The van der Waals surface area contributed by atoms with Crippen LogP contribution in [0.4, 0.5) is 0 Å². The van der Waals surface area contributed by atoms with Gasteiger partial charge < -0.3 is 9.13 Å². The van der Waals surface area contributed by atoms with Crippen LogP contribution < -0.4 is 0 Å². The van der Waals surface area contributed by atoms with Crippen LogP contribution in [0.15, 0.2) is 141 Å². The minimum atomic E-state index is 0.223. The second-order valence-electron chi connectivity index (χ2n) is 16.8. The summed E-state index contributed by atoms with van der Waals surface area (Å²) in [5, 5.41) is 5.24. The Morgan fingerprint density at radius 2 is 1.07 bits per heavy atom. The quantitative estimate of drug-likeness (QED) is 0.180. The van der Waals surface area contributed by atoms with Gasteiger partial charge in [0.2, 0.25) is 0 Å². The van der Waals surface area contributed by atoms with E-state index >= 15 is 0 Å². The van der Waals surface area contributed by atoms with E-state index in [2.05, 4.69) is 160 Å². The molecular formula is C52H42N6. The standard InChI is InChI=1S/C52H42N6/c1-29-31(3)47-50-40(22-44-42-20-34(36-25-55-28-56-26-36)16-18-46(42)57(51(44)47)37-11-7-5-8-12-37)30(2)32(4)48-49(50)39(29)21-43-41-19-33(35-23-53-27-54-24-35)15-17-45(41)58(52(43)48)38-13-9-6-10-14-38/h5-13,15-32,38H,14H2,1-4H3. The van der Waals surface area contributed by atoms with E-state index in [1.807, 2.05) is 24.8 Å². The van der Waals surface area contributed by atoms with E-state index in [0.717, 1.165) is 28.7 Å². The van der Waals surface area contributed by atoms with Crippen LogP contribution in [0.2, 0.25) is 0 Å². The van der Waals surface area contributed by atoms with Crippen LogP contribution in [0.5, 0.6) is 0 Å². The molecule has 5 unspecified atom stereocenters. The lowest BCUT2D eigenvalue weighted by atomic mass is 9.62. The summed E-state index contributed by atoms with van der Waals surface area (Å²) in [6.07, 6.45) is 21.0. The molecule has 5 aromatic carbocycles. The highest BCUT2D eigenvalue weighted by Gasteiger charge is 2.42. The van der Waals surface area contributed by atoms with Crippen molar-refractivity contribution in [1.82, 2.24) is 29.1 Å². The first-order valence-electron chi connectivity index (χ1n) is 20.7. The van der Waals surface area contributed by atoms with E-state index in [9.17, 15) is 0 Å². The van der Waals surface area contributed by atoms with Gasteiger partial charge >= 0.3 is 0 Å². The van der Waals surface area contributed by atoms with Gasteiger partial charge in [-0.2, -0.15) is 0 Å². The molecule has 9 aromatic rings. The van der Waals surface area contributed by atoms with Gasteiger partial charge in [-0.1, -0.05) is 82.3 Å². The third-order valence-corrected chi connectivity index (χ3v) is 14.0. The molecule has 3 aliphatic carbocycles. The summed E-state index contributed by atoms with van der Waals surface area (Å²) in [4.78, 5) is 17.5. The normalized spacial score (nSPS) is 20.7. The monoisotopic (exact) mass is 750 g/mol. The molecule has 0 saturated heterocycles. The maximum absolute atomic E-state index is 4.37. The first-order valence-corrected chi connectivity index (χ1v) is 20.7. The van der Waals surface area contributed by atoms with Gasteiger partial charge in [-0.15, -0.1) is 0 Å². The fourth-order valence-electron chi connectivity index (χ4n) is 10.9. The minimum absolute atomic E-state index is 0.223. The smallest absolute Gasteiger partial charge is 0.115 e. The Kier molecular flexibility index (Phi) is 7.17. The molecule has 0 aliphatic heterocycles. The number of benzene rings is 5. The molecule has 4 aromatic heterocycles. The van der Waals surface area contributed by atoms with Crippen molar-refractivity contribution in [2.24, 2.45) is 0 Å². The number of para-hydroxylation sites is 1. The van der Waals surface area contributed by atoms with Crippen LogP contribution in [0.3, 0.4) is 0 Å². The third kappa shape index (κ3) is 4.54. The number of hydrogen-bond acceptors (Lipinski definition) is 4. The van der Waals surface area contributed by atoms with Crippen LogP contribution in [-0.4, -0.2) is 29.1 Å². The molecule has 0 fully saturated rings. The Bertz CT molecular complexity index is 3210. The van der Waals surface area contributed by atoms with E-state index in [1.165, 1.54) is 82.7 Å². The lowest BCUT2D eigenvalue weighted by molar-refractivity contribution is 0.580. The van der Waals surface area contributed by atoms with Crippen molar-refractivity contribution in [3.8, 4) is 39.1 Å². The van der Waals surface area contributed by atoms with Gasteiger partial charge in [0.25, 0.3) is 0 Å². The van der Waals surface area contributed by atoms with Crippen molar-refractivity contribution in [1.29, 1.82) is 0 Å².